The topological polar surface area (TPSA) is 86.5 Å². The van der Waals surface area contributed by atoms with Gasteiger partial charge in [0.05, 0.1) is 0 Å². The van der Waals surface area contributed by atoms with Crippen LogP contribution in [0.3, 0.4) is 0 Å². The smallest absolute Gasteiger partial charge is 0.407 e. The number of alkyl carbamates (subject to hydrolysis) is 1. The minimum absolute atomic E-state index is 0.407. The standard InChI is InChI=1S/C18H23N3O3/c1-18(2,3)24-17(22)21-10-8-13-4-6-15(7-5-13)23-16-12-14(19)9-11-20-16/h4-7,9,11-12H,8,10H2,1-3H3,(H2,19,20)(H,21,22). The van der Waals surface area contributed by atoms with Gasteiger partial charge in [0.2, 0.25) is 5.88 Å². The molecule has 1 heterocycles. The van der Waals surface area contributed by atoms with Gasteiger partial charge in [0.25, 0.3) is 0 Å². The molecule has 3 N–H and O–H groups in total. The normalized spacial score (nSPS) is 11.0. The molecule has 0 saturated carbocycles. The summed E-state index contributed by atoms with van der Waals surface area (Å²) in [5.41, 5.74) is 6.89. The van der Waals surface area contributed by atoms with E-state index in [0.29, 0.717) is 30.3 Å². The van der Waals surface area contributed by atoms with E-state index in [0.717, 1.165) is 5.56 Å². The second kappa shape index (κ2) is 7.68. The van der Waals surface area contributed by atoms with Gasteiger partial charge in [-0.1, -0.05) is 12.1 Å². The van der Waals surface area contributed by atoms with Crippen molar-refractivity contribution in [1.82, 2.24) is 10.3 Å². The molecular formula is C18H23N3O3. The number of pyridine rings is 1. The minimum Gasteiger partial charge on any atom is -0.444 e. The van der Waals surface area contributed by atoms with Crippen LogP contribution >= 0.6 is 0 Å². The number of nitrogens with two attached hydrogens (primary N) is 1. The molecule has 0 bridgehead atoms. The minimum atomic E-state index is -0.488. The Labute approximate surface area is 142 Å². The van der Waals surface area contributed by atoms with Crippen molar-refractivity contribution in [2.75, 3.05) is 12.3 Å². The van der Waals surface area contributed by atoms with Crippen molar-refractivity contribution in [2.45, 2.75) is 32.8 Å². The number of hydrogen-bond acceptors (Lipinski definition) is 5. The number of nitrogens with zero attached hydrogens (tertiary/aromatic N) is 1. The molecule has 128 valence electrons. The predicted octanol–water partition coefficient (Wildman–Crippen LogP) is 3.52. The Bertz CT molecular complexity index is 679. The zero-order chi connectivity index (χ0) is 17.6. The van der Waals surface area contributed by atoms with Crippen molar-refractivity contribution in [2.24, 2.45) is 0 Å². The number of anilines is 1. The molecule has 0 atom stereocenters. The number of carbonyl (C=O) groups excluding carboxylic acids is 1. The lowest BCUT2D eigenvalue weighted by molar-refractivity contribution is 0.0528. The van der Waals surface area contributed by atoms with E-state index in [-0.39, 0.29) is 0 Å². The van der Waals surface area contributed by atoms with E-state index in [4.69, 9.17) is 15.2 Å². The van der Waals surface area contributed by atoms with Crippen molar-refractivity contribution in [3.8, 4) is 11.6 Å². The van der Waals surface area contributed by atoms with Gasteiger partial charge >= 0.3 is 6.09 Å². The largest absolute Gasteiger partial charge is 0.444 e. The maximum absolute atomic E-state index is 11.6. The average Bonchev–Trinajstić information content (AvgIpc) is 2.47. The third kappa shape index (κ3) is 6.16. The van der Waals surface area contributed by atoms with E-state index in [2.05, 4.69) is 10.3 Å². The number of carbonyl (C=O) groups is 1. The average molecular weight is 329 g/mol. The van der Waals surface area contributed by atoms with Gasteiger partial charge in [-0.2, -0.15) is 0 Å². The first-order valence-corrected chi connectivity index (χ1v) is 7.77. The molecule has 0 saturated heterocycles. The van der Waals surface area contributed by atoms with Crippen LogP contribution in [0.1, 0.15) is 26.3 Å². The van der Waals surface area contributed by atoms with Gasteiger partial charge in [-0.3, -0.25) is 0 Å². The zero-order valence-corrected chi connectivity index (χ0v) is 14.2. The Morgan fingerprint density at radius 1 is 1.21 bits per heavy atom. The summed E-state index contributed by atoms with van der Waals surface area (Å²) in [6.45, 7) is 6.01. The monoisotopic (exact) mass is 329 g/mol. The van der Waals surface area contributed by atoms with Crippen LogP contribution in [0.5, 0.6) is 11.6 Å². The van der Waals surface area contributed by atoms with Crippen molar-refractivity contribution >= 4 is 11.8 Å². The summed E-state index contributed by atoms with van der Waals surface area (Å²) in [7, 11) is 0. The molecular weight excluding hydrogens is 306 g/mol. The van der Waals surface area contributed by atoms with Gasteiger partial charge in [0.1, 0.15) is 11.4 Å². The van der Waals surface area contributed by atoms with Crippen LogP contribution in [0.25, 0.3) is 0 Å². The lowest BCUT2D eigenvalue weighted by Crippen LogP contribution is -2.33. The first-order valence-electron chi connectivity index (χ1n) is 7.77. The Morgan fingerprint density at radius 2 is 1.92 bits per heavy atom. The second-order valence-corrected chi connectivity index (χ2v) is 6.35. The third-order valence-corrected chi connectivity index (χ3v) is 2.99. The molecule has 6 heteroatoms. The Morgan fingerprint density at radius 3 is 2.54 bits per heavy atom. The van der Waals surface area contributed by atoms with Gasteiger partial charge < -0.3 is 20.5 Å². The fraction of sp³-hybridized carbons (Fsp3) is 0.333. The predicted molar refractivity (Wildman–Crippen MR) is 93.1 cm³/mol. The van der Waals surface area contributed by atoms with E-state index in [1.807, 2.05) is 45.0 Å². The highest BCUT2D eigenvalue weighted by molar-refractivity contribution is 5.67. The van der Waals surface area contributed by atoms with Crippen LogP contribution < -0.4 is 15.8 Å². The molecule has 6 nitrogen and oxygen atoms in total. The molecule has 0 fully saturated rings. The summed E-state index contributed by atoms with van der Waals surface area (Å²) in [4.78, 5) is 15.7. The van der Waals surface area contributed by atoms with E-state index in [9.17, 15) is 4.79 Å². The number of nitrogen functional groups attached to an aromatic ring is 1. The molecule has 0 unspecified atom stereocenters. The maximum atomic E-state index is 11.6. The zero-order valence-electron chi connectivity index (χ0n) is 14.2. The number of hydrogen-bond donors (Lipinski definition) is 2. The lowest BCUT2D eigenvalue weighted by Gasteiger charge is -2.19. The highest BCUT2D eigenvalue weighted by Crippen LogP contribution is 2.21. The van der Waals surface area contributed by atoms with Gasteiger partial charge in [-0.25, -0.2) is 9.78 Å². The van der Waals surface area contributed by atoms with Crippen molar-refractivity contribution in [3.05, 3.63) is 48.2 Å². The van der Waals surface area contributed by atoms with E-state index < -0.39 is 11.7 Å². The number of rotatable bonds is 5. The molecule has 0 aliphatic rings. The first-order chi connectivity index (χ1) is 11.3. The number of amides is 1. The first kappa shape index (κ1) is 17.6. The number of benzene rings is 1. The molecule has 0 spiro atoms. The molecule has 0 radical (unpaired) electrons. The van der Waals surface area contributed by atoms with Crippen LogP contribution in [-0.4, -0.2) is 23.2 Å². The van der Waals surface area contributed by atoms with Crippen LogP contribution in [0.15, 0.2) is 42.6 Å². The number of aromatic nitrogens is 1. The maximum Gasteiger partial charge on any atom is 0.407 e. The van der Waals surface area contributed by atoms with Gasteiger partial charge in [0, 0.05) is 24.5 Å². The van der Waals surface area contributed by atoms with Crippen molar-refractivity contribution < 1.29 is 14.3 Å². The summed E-state index contributed by atoms with van der Waals surface area (Å²) in [6.07, 6.45) is 1.90. The second-order valence-electron chi connectivity index (χ2n) is 6.35. The van der Waals surface area contributed by atoms with Gasteiger partial charge in [-0.05, 0) is 51.0 Å². The van der Waals surface area contributed by atoms with Crippen molar-refractivity contribution in [1.29, 1.82) is 0 Å². The van der Waals surface area contributed by atoms with Gasteiger partial charge in [0.15, 0.2) is 0 Å². The lowest BCUT2D eigenvalue weighted by atomic mass is 10.1. The molecule has 24 heavy (non-hydrogen) atoms. The van der Waals surface area contributed by atoms with Gasteiger partial charge in [-0.15, -0.1) is 0 Å². The van der Waals surface area contributed by atoms with Crippen molar-refractivity contribution in [3.63, 3.8) is 0 Å². The molecule has 1 amide bonds. The summed E-state index contributed by atoms with van der Waals surface area (Å²) in [6, 6.07) is 11.0. The Kier molecular flexibility index (Phi) is 5.63. The highest BCUT2D eigenvalue weighted by atomic mass is 16.6. The summed E-state index contributed by atoms with van der Waals surface area (Å²) in [5, 5.41) is 2.73. The highest BCUT2D eigenvalue weighted by Gasteiger charge is 2.15. The Hall–Kier alpha value is -2.76. The number of nitrogens with one attached hydrogen (secondary N) is 1. The van der Waals surface area contributed by atoms with E-state index in [1.54, 1.807) is 18.3 Å². The third-order valence-electron chi connectivity index (χ3n) is 2.99. The molecule has 1 aromatic carbocycles. The summed E-state index contributed by atoms with van der Waals surface area (Å²) >= 11 is 0. The Balaban J connectivity index is 1.81. The van der Waals surface area contributed by atoms with Crippen LogP contribution in [0.4, 0.5) is 10.5 Å². The molecule has 0 aliphatic heterocycles. The van der Waals surface area contributed by atoms with Crippen LogP contribution in [0, 0.1) is 0 Å². The molecule has 0 aliphatic carbocycles. The molecule has 2 rings (SSSR count). The fourth-order valence-corrected chi connectivity index (χ4v) is 1.95. The summed E-state index contributed by atoms with van der Waals surface area (Å²) in [5.74, 6) is 1.13. The molecule has 2 aromatic rings. The van der Waals surface area contributed by atoms with E-state index >= 15 is 0 Å². The number of ether oxygens (including phenoxy) is 2. The van der Waals surface area contributed by atoms with Crippen LogP contribution in [0.2, 0.25) is 0 Å². The summed E-state index contributed by atoms with van der Waals surface area (Å²) < 4.78 is 10.8. The SMILES string of the molecule is CC(C)(C)OC(=O)NCCc1ccc(Oc2cc(N)ccn2)cc1. The molecule has 1 aromatic heterocycles. The van der Waals surface area contributed by atoms with Crippen LogP contribution in [-0.2, 0) is 11.2 Å². The quantitative estimate of drug-likeness (QED) is 0.876. The fourth-order valence-electron chi connectivity index (χ4n) is 1.95. The van der Waals surface area contributed by atoms with E-state index in [1.165, 1.54) is 0 Å².